The molecule has 6 heteroatoms. The predicted molar refractivity (Wildman–Crippen MR) is 77.9 cm³/mol. The fourth-order valence-corrected chi connectivity index (χ4v) is 1.83. The fourth-order valence-electron chi connectivity index (χ4n) is 1.47. The van der Waals surface area contributed by atoms with E-state index in [1.165, 1.54) is 24.4 Å². The molecule has 0 aromatic heterocycles. The van der Waals surface area contributed by atoms with Crippen molar-refractivity contribution in [3.05, 3.63) is 69.5 Å². The van der Waals surface area contributed by atoms with Crippen LogP contribution in [0.4, 0.5) is 4.39 Å². The first kappa shape index (κ1) is 14.5. The molecule has 0 radical (unpaired) electrons. The third-order valence-electron chi connectivity index (χ3n) is 2.44. The van der Waals surface area contributed by atoms with Gasteiger partial charge in [0.15, 0.2) is 0 Å². The molecule has 0 fully saturated rings. The maximum absolute atomic E-state index is 13.0. The third kappa shape index (κ3) is 3.56. The number of nitrogens with zero attached hydrogens (tertiary/aromatic N) is 1. The second-order valence-electron chi connectivity index (χ2n) is 3.85. The lowest BCUT2D eigenvalue weighted by molar-refractivity contribution is 0.0954. The predicted octanol–water partition coefficient (Wildman–Crippen LogP) is 3.90. The molecule has 2 aromatic carbocycles. The molecule has 2 rings (SSSR count). The van der Waals surface area contributed by atoms with Crippen LogP contribution in [0.15, 0.2) is 47.6 Å². The van der Waals surface area contributed by atoms with Crippen LogP contribution in [0, 0.1) is 5.82 Å². The van der Waals surface area contributed by atoms with Crippen LogP contribution < -0.4 is 5.43 Å². The van der Waals surface area contributed by atoms with Crippen molar-refractivity contribution in [3.63, 3.8) is 0 Å². The highest BCUT2D eigenvalue weighted by Crippen LogP contribution is 2.24. The molecule has 0 saturated carbocycles. The molecular weight excluding hydrogens is 302 g/mol. The summed E-state index contributed by atoms with van der Waals surface area (Å²) in [4.78, 5) is 11.7. The normalized spacial score (nSPS) is 10.8. The Kier molecular flexibility index (Phi) is 4.71. The molecule has 0 saturated heterocycles. The van der Waals surface area contributed by atoms with Crippen LogP contribution in [-0.2, 0) is 0 Å². The number of rotatable bonds is 3. The lowest BCUT2D eigenvalue weighted by atomic mass is 10.2. The Balaban J connectivity index is 2.07. The summed E-state index contributed by atoms with van der Waals surface area (Å²) in [6.45, 7) is 0. The van der Waals surface area contributed by atoms with Gasteiger partial charge in [-0.25, -0.2) is 9.82 Å². The number of hydrogen-bond donors (Lipinski definition) is 1. The second-order valence-corrected chi connectivity index (χ2v) is 4.64. The van der Waals surface area contributed by atoms with Gasteiger partial charge in [-0.3, -0.25) is 4.79 Å². The van der Waals surface area contributed by atoms with Crippen molar-refractivity contribution in [1.82, 2.24) is 5.43 Å². The molecule has 0 atom stereocenters. The van der Waals surface area contributed by atoms with Gasteiger partial charge < -0.3 is 0 Å². The smallest absolute Gasteiger partial charge is 0.267 e. The lowest BCUT2D eigenvalue weighted by Gasteiger charge is -2.01. The van der Waals surface area contributed by atoms with Gasteiger partial charge in [-0.05, 0) is 24.3 Å². The van der Waals surface area contributed by atoms with Gasteiger partial charge >= 0.3 is 0 Å². The molecule has 0 aliphatic carbocycles. The summed E-state index contributed by atoms with van der Waals surface area (Å²) < 4.78 is 13.0. The lowest BCUT2D eigenvalue weighted by Crippen LogP contribution is -2.17. The third-order valence-corrected chi connectivity index (χ3v) is 3.27. The largest absolute Gasteiger partial charge is 0.271 e. The quantitative estimate of drug-likeness (QED) is 0.678. The average Bonchev–Trinajstić information content (AvgIpc) is 2.43. The minimum Gasteiger partial charge on any atom is -0.267 e. The van der Waals surface area contributed by atoms with E-state index in [0.717, 1.165) is 6.07 Å². The fraction of sp³-hybridized carbons (Fsp3) is 0. The summed E-state index contributed by atoms with van der Waals surface area (Å²) in [5.41, 5.74) is 3.03. The first-order chi connectivity index (χ1) is 9.58. The highest BCUT2D eigenvalue weighted by atomic mass is 35.5. The van der Waals surface area contributed by atoms with Crippen molar-refractivity contribution < 1.29 is 9.18 Å². The van der Waals surface area contributed by atoms with Crippen LogP contribution in [0.5, 0.6) is 0 Å². The van der Waals surface area contributed by atoms with Crippen LogP contribution in [-0.4, -0.2) is 12.1 Å². The molecule has 2 aromatic rings. The first-order valence-electron chi connectivity index (χ1n) is 5.61. The summed E-state index contributed by atoms with van der Waals surface area (Å²) in [5, 5.41) is 4.50. The van der Waals surface area contributed by atoms with Gasteiger partial charge in [-0.15, -0.1) is 0 Å². The van der Waals surface area contributed by atoms with Gasteiger partial charge in [0.25, 0.3) is 5.91 Å². The monoisotopic (exact) mass is 310 g/mol. The van der Waals surface area contributed by atoms with Crippen LogP contribution in [0.1, 0.15) is 15.9 Å². The maximum Gasteiger partial charge on any atom is 0.271 e. The van der Waals surface area contributed by atoms with Crippen LogP contribution in [0.25, 0.3) is 0 Å². The first-order valence-corrected chi connectivity index (χ1v) is 6.36. The number of halogens is 3. The van der Waals surface area contributed by atoms with Crippen molar-refractivity contribution >= 4 is 35.3 Å². The Morgan fingerprint density at radius 1 is 1.20 bits per heavy atom. The Bertz CT molecular complexity index is 674. The molecule has 20 heavy (non-hydrogen) atoms. The van der Waals surface area contributed by atoms with Gasteiger partial charge in [0.05, 0.1) is 16.3 Å². The Morgan fingerprint density at radius 2 is 1.95 bits per heavy atom. The van der Waals surface area contributed by atoms with Crippen molar-refractivity contribution in [2.45, 2.75) is 0 Å². The molecule has 1 amide bonds. The standard InChI is InChI=1S/C14H9Cl2FN2O/c15-12-6-2-4-10(13(12)16)8-18-19-14(20)9-3-1-5-11(17)7-9/h1-8H,(H,19,20)/b18-8+. The van der Waals surface area contributed by atoms with Crippen LogP contribution >= 0.6 is 23.2 Å². The zero-order chi connectivity index (χ0) is 14.5. The molecule has 3 nitrogen and oxygen atoms in total. The van der Waals surface area contributed by atoms with E-state index >= 15 is 0 Å². The molecule has 0 aliphatic rings. The molecule has 0 heterocycles. The number of amides is 1. The Hall–Kier alpha value is -1.91. The van der Waals surface area contributed by atoms with Crippen molar-refractivity contribution in [2.75, 3.05) is 0 Å². The number of nitrogens with one attached hydrogen (secondary N) is 1. The summed E-state index contributed by atoms with van der Waals surface area (Å²) in [5.74, 6) is -1.00. The molecule has 102 valence electrons. The SMILES string of the molecule is O=C(N/N=C/c1cccc(Cl)c1Cl)c1cccc(F)c1. The van der Waals surface area contributed by atoms with Crippen molar-refractivity contribution in [3.8, 4) is 0 Å². The zero-order valence-electron chi connectivity index (χ0n) is 10.1. The van der Waals surface area contributed by atoms with Crippen molar-refractivity contribution in [1.29, 1.82) is 0 Å². The van der Waals surface area contributed by atoms with Crippen molar-refractivity contribution in [2.24, 2.45) is 5.10 Å². The van der Waals surface area contributed by atoms with Crippen LogP contribution in [0.3, 0.4) is 0 Å². The van der Waals surface area contributed by atoms with Gasteiger partial charge in [-0.2, -0.15) is 5.10 Å². The minimum absolute atomic E-state index is 0.180. The van der Waals surface area contributed by atoms with Gasteiger partial charge in [-0.1, -0.05) is 41.4 Å². The zero-order valence-corrected chi connectivity index (χ0v) is 11.6. The summed E-state index contributed by atoms with van der Waals surface area (Å²) >= 11 is 11.8. The van der Waals surface area contributed by atoms with Gasteiger partial charge in [0, 0.05) is 11.1 Å². The Labute approximate surface area is 125 Å². The summed E-state index contributed by atoms with van der Waals surface area (Å²) in [7, 11) is 0. The number of benzene rings is 2. The topological polar surface area (TPSA) is 41.5 Å². The van der Waals surface area contributed by atoms with E-state index in [1.54, 1.807) is 18.2 Å². The maximum atomic E-state index is 13.0. The highest BCUT2D eigenvalue weighted by molar-refractivity contribution is 6.43. The second kappa shape index (κ2) is 6.50. The molecule has 0 unspecified atom stereocenters. The average molecular weight is 311 g/mol. The number of carbonyl (C=O) groups excluding carboxylic acids is 1. The molecule has 0 aliphatic heterocycles. The van der Waals surface area contributed by atoms with E-state index in [4.69, 9.17) is 23.2 Å². The molecular formula is C14H9Cl2FN2O. The Morgan fingerprint density at radius 3 is 2.70 bits per heavy atom. The van der Waals surface area contributed by atoms with E-state index in [2.05, 4.69) is 10.5 Å². The van der Waals surface area contributed by atoms with E-state index < -0.39 is 11.7 Å². The number of hydrazone groups is 1. The number of carbonyl (C=O) groups is 1. The summed E-state index contributed by atoms with van der Waals surface area (Å²) in [6, 6.07) is 10.4. The van der Waals surface area contributed by atoms with Crippen LogP contribution in [0.2, 0.25) is 10.0 Å². The highest BCUT2D eigenvalue weighted by Gasteiger charge is 2.05. The van der Waals surface area contributed by atoms with E-state index in [-0.39, 0.29) is 5.56 Å². The number of hydrogen-bond acceptors (Lipinski definition) is 2. The van der Waals surface area contributed by atoms with Gasteiger partial charge in [0.1, 0.15) is 5.82 Å². The summed E-state index contributed by atoms with van der Waals surface area (Å²) in [6.07, 6.45) is 1.37. The van der Waals surface area contributed by atoms with E-state index in [9.17, 15) is 9.18 Å². The minimum atomic E-state index is -0.515. The van der Waals surface area contributed by atoms with E-state index in [0.29, 0.717) is 15.6 Å². The molecule has 0 spiro atoms. The van der Waals surface area contributed by atoms with E-state index in [1.807, 2.05) is 0 Å². The molecule has 0 bridgehead atoms. The van der Waals surface area contributed by atoms with Gasteiger partial charge in [0.2, 0.25) is 0 Å². The molecule has 1 N–H and O–H groups in total.